The normalized spacial score (nSPS) is 15.9. The molecule has 1 fully saturated rings. The van der Waals surface area contributed by atoms with Crippen molar-refractivity contribution in [2.24, 2.45) is 10.5 Å². The van der Waals surface area contributed by atoms with Gasteiger partial charge in [0.05, 0.1) is 22.9 Å². The van der Waals surface area contributed by atoms with E-state index in [9.17, 15) is 27.6 Å². The zero-order valence-electron chi connectivity index (χ0n) is 19.1. The number of fused-ring (bicyclic) bond motifs is 1. The predicted molar refractivity (Wildman–Crippen MR) is 120 cm³/mol. The zero-order chi connectivity index (χ0) is 24.8. The Balaban J connectivity index is 2.04. The molecule has 12 heteroatoms. The fourth-order valence-corrected chi connectivity index (χ4v) is 4.50. The molecule has 0 unspecified atom stereocenters. The Bertz CT molecular complexity index is 1210. The number of halogens is 3. The third-order valence-electron chi connectivity index (χ3n) is 5.33. The second-order valence-electron chi connectivity index (χ2n) is 9.64. The number of hydrogen-bond donors (Lipinski definition) is 1. The average molecular weight is 489 g/mol. The van der Waals surface area contributed by atoms with Crippen molar-refractivity contribution in [3.63, 3.8) is 0 Å². The Morgan fingerprint density at radius 2 is 1.88 bits per heavy atom. The van der Waals surface area contributed by atoms with E-state index in [1.165, 1.54) is 6.21 Å². The van der Waals surface area contributed by atoms with E-state index in [1.54, 1.807) is 27.7 Å². The van der Waals surface area contributed by atoms with Gasteiger partial charge in [-0.3, -0.25) is 13.9 Å². The summed E-state index contributed by atoms with van der Waals surface area (Å²) in [6.45, 7) is 8.22. The van der Waals surface area contributed by atoms with Gasteiger partial charge < -0.3 is 4.74 Å². The highest BCUT2D eigenvalue weighted by molar-refractivity contribution is 7.20. The van der Waals surface area contributed by atoms with Crippen molar-refractivity contribution in [2.45, 2.75) is 78.7 Å². The summed E-state index contributed by atoms with van der Waals surface area (Å²) >= 11 is 0.977. The summed E-state index contributed by atoms with van der Waals surface area (Å²) in [5.74, 6) is 0. The highest BCUT2D eigenvalue weighted by Gasteiger charge is 2.39. The van der Waals surface area contributed by atoms with E-state index in [-0.39, 0.29) is 22.2 Å². The number of rotatable bonds is 6. The van der Waals surface area contributed by atoms with Gasteiger partial charge in [-0.15, -0.1) is 11.3 Å². The topological polar surface area (TPSA) is 94.7 Å². The van der Waals surface area contributed by atoms with Crippen LogP contribution in [0.3, 0.4) is 0 Å². The van der Waals surface area contributed by atoms with E-state index >= 15 is 0 Å². The van der Waals surface area contributed by atoms with Crippen LogP contribution in [0.4, 0.5) is 18.0 Å². The molecule has 182 valence electrons. The maximum atomic E-state index is 13.2. The van der Waals surface area contributed by atoms with Gasteiger partial charge in [0.15, 0.2) is 0 Å². The number of ether oxygens (including phenoxy) is 1. The van der Waals surface area contributed by atoms with Crippen LogP contribution in [0.25, 0.3) is 10.2 Å². The molecule has 1 saturated carbocycles. The van der Waals surface area contributed by atoms with E-state index in [0.29, 0.717) is 10.4 Å². The van der Waals surface area contributed by atoms with Crippen molar-refractivity contribution in [2.75, 3.05) is 0 Å². The summed E-state index contributed by atoms with van der Waals surface area (Å²) in [4.78, 5) is 38.6. The monoisotopic (exact) mass is 488 g/mol. The van der Waals surface area contributed by atoms with E-state index in [2.05, 4.69) is 10.5 Å². The zero-order valence-corrected chi connectivity index (χ0v) is 19.9. The molecule has 0 spiro atoms. The van der Waals surface area contributed by atoms with Crippen LogP contribution in [0.2, 0.25) is 0 Å². The quantitative estimate of drug-likeness (QED) is 0.488. The third kappa shape index (κ3) is 6.04. The van der Waals surface area contributed by atoms with Gasteiger partial charge in [-0.25, -0.2) is 15.0 Å². The summed E-state index contributed by atoms with van der Waals surface area (Å²) in [7, 11) is 0. The summed E-state index contributed by atoms with van der Waals surface area (Å²) in [5, 5.41) is 4.01. The summed E-state index contributed by atoms with van der Waals surface area (Å²) < 4.78 is 45.9. The first-order valence-corrected chi connectivity index (χ1v) is 11.3. The first-order valence-electron chi connectivity index (χ1n) is 10.5. The van der Waals surface area contributed by atoms with Crippen LogP contribution in [0.15, 0.2) is 14.7 Å². The Kier molecular flexibility index (Phi) is 6.53. The van der Waals surface area contributed by atoms with Gasteiger partial charge in [-0.05, 0) is 51.5 Å². The van der Waals surface area contributed by atoms with E-state index in [1.807, 2.05) is 6.92 Å². The Labute approximate surface area is 192 Å². The molecule has 2 heterocycles. The second kappa shape index (κ2) is 8.62. The number of hydrogen-bond acceptors (Lipinski definition) is 6. The molecule has 0 aromatic carbocycles. The van der Waals surface area contributed by atoms with Gasteiger partial charge in [-0.2, -0.15) is 18.3 Å². The van der Waals surface area contributed by atoms with E-state index in [0.717, 1.165) is 33.3 Å². The second-order valence-corrected chi connectivity index (χ2v) is 10.7. The Morgan fingerprint density at radius 3 is 2.42 bits per heavy atom. The number of carbonyl (C=O) groups excluding carboxylic acids is 1. The van der Waals surface area contributed by atoms with Crippen LogP contribution in [0, 0.1) is 12.3 Å². The molecule has 1 N–H and O–H groups in total. The molecule has 8 nitrogen and oxygen atoms in total. The molecule has 33 heavy (non-hydrogen) atoms. The maximum absolute atomic E-state index is 13.2. The summed E-state index contributed by atoms with van der Waals surface area (Å²) in [5.41, 5.74) is 0.489. The number of aryl methyl sites for hydroxylation is 2. The minimum Gasteiger partial charge on any atom is -0.443 e. The number of carbonyl (C=O) groups is 1. The first kappa shape index (κ1) is 25.0. The largest absolute Gasteiger partial charge is 0.443 e. The van der Waals surface area contributed by atoms with Crippen LogP contribution in [0.5, 0.6) is 0 Å². The van der Waals surface area contributed by atoms with Crippen molar-refractivity contribution in [1.29, 1.82) is 0 Å². The van der Waals surface area contributed by atoms with Gasteiger partial charge in [0, 0.05) is 13.1 Å². The number of nitrogens with zero attached hydrogens (tertiary/aromatic N) is 3. The molecule has 2 aromatic rings. The van der Waals surface area contributed by atoms with Gasteiger partial charge in [0.2, 0.25) is 0 Å². The molecule has 1 aliphatic carbocycles. The molecule has 0 aliphatic heterocycles. The summed E-state index contributed by atoms with van der Waals surface area (Å²) in [6, 6.07) is 0. The number of thiophene rings is 1. The Hall–Kier alpha value is -2.63. The number of alkyl halides is 3. The van der Waals surface area contributed by atoms with E-state index < -0.39 is 42.1 Å². The van der Waals surface area contributed by atoms with Crippen LogP contribution in [0.1, 0.15) is 57.4 Å². The van der Waals surface area contributed by atoms with E-state index in [4.69, 9.17) is 4.74 Å². The highest BCUT2D eigenvalue weighted by atomic mass is 32.1. The highest BCUT2D eigenvalue weighted by Crippen LogP contribution is 2.46. The molecule has 1 amide bonds. The number of hydrazone groups is 1. The fourth-order valence-electron chi connectivity index (χ4n) is 3.31. The maximum Gasteiger partial charge on any atom is 0.428 e. The van der Waals surface area contributed by atoms with Gasteiger partial charge in [0.25, 0.3) is 5.56 Å². The SMILES string of the molecule is Cc1c(/C=N/NC(=O)OC(C)(C)C)sc2c1c(=O)n(CC1(C)CC1)c(=O)n2CCC(F)(F)F. The molecular formula is C21H27F3N4O4S. The molecule has 0 saturated heterocycles. The lowest BCUT2D eigenvalue weighted by molar-refractivity contribution is -0.136. The standard InChI is InChI=1S/C21H27F3N4O4S/c1-12-13(10-25-26-17(30)32-19(2,3)4)33-16-14(12)15(29)28(11-20(5)6-7-20)18(31)27(16)9-8-21(22,23)24/h10H,6-9,11H2,1-5H3,(H,26,30)/b25-10+. The molecule has 0 atom stereocenters. The molecule has 0 radical (unpaired) electrons. The lowest BCUT2D eigenvalue weighted by atomic mass is 10.1. The Morgan fingerprint density at radius 1 is 1.24 bits per heavy atom. The van der Waals surface area contributed by atoms with Crippen LogP contribution in [-0.4, -0.2) is 33.2 Å². The number of amides is 1. The van der Waals surface area contributed by atoms with Gasteiger partial charge >= 0.3 is 18.0 Å². The van der Waals surface area contributed by atoms with Crippen LogP contribution >= 0.6 is 11.3 Å². The molecule has 3 rings (SSSR count). The molecule has 0 bridgehead atoms. The van der Waals surface area contributed by atoms with Gasteiger partial charge in [0.1, 0.15) is 10.4 Å². The van der Waals surface area contributed by atoms with Crippen molar-refractivity contribution >= 4 is 33.9 Å². The molecule has 1 aliphatic rings. The van der Waals surface area contributed by atoms with Crippen molar-refractivity contribution in [3.05, 3.63) is 31.3 Å². The smallest absolute Gasteiger partial charge is 0.428 e. The predicted octanol–water partition coefficient (Wildman–Crippen LogP) is 4.14. The molecular weight excluding hydrogens is 461 g/mol. The minimum absolute atomic E-state index is 0.155. The van der Waals surface area contributed by atoms with Crippen LogP contribution in [-0.2, 0) is 17.8 Å². The lowest BCUT2D eigenvalue weighted by Crippen LogP contribution is -2.41. The van der Waals surface area contributed by atoms with Crippen molar-refractivity contribution in [3.8, 4) is 0 Å². The number of nitrogens with one attached hydrogen (secondary N) is 1. The average Bonchev–Trinajstić information content (AvgIpc) is 3.29. The lowest BCUT2D eigenvalue weighted by Gasteiger charge is -2.18. The minimum atomic E-state index is -4.46. The summed E-state index contributed by atoms with van der Waals surface area (Å²) in [6.07, 6.45) is -3.46. The van der Waals surface area contributed by atoms with Crippen LogP contribution < -0.4 is 16.7 Å². The first-order chi connectivity index (χ1) is 15.1. The van der Waals surface area contributed by atoms with Crippen molar-refractivity contribution in [1.82, 2.24) is 14.6 Å². The third-order valence-corrected chi connectivity index (χ3v) is 6.58. The van der Waals surface area contributed by atoms with Crippen molar-refractivity contribution < 1.29 is 22.7 Å². The fraction of sp³-hybridized carbons (Fsp3) is 0.619. The van der Waals surface area contributed by atoms with Gasteiger partial charge in [-0.1, -0.05) is 6.92 Å². The molecule has 2 aromatic heterocycles. The number of aromatic nitrogens is 2.